The summed E-state index contributed by atoms with van der Waals surface area (Å²) in [5, 5.41) is 10.4. The molecule has 4 unspecified atom stereocenters. The molecule has 358 valence electrons. The first-order valence-electron chi connectivity index (χ1n) is 21.0. The van der Waals surface area contributed by atoms with Crippen molar-refractivity contribution in [3.63, 3.8) is 0 Å². The molecule has 6 rings (SSSR count). The summed E-state index contributed by atoms with van der Waals surface area (Å²) in [5.74, 6) is 0.605. The van der Waals surface area contributed by atoms with Crippen molar-refractivity contribution in [1.29, 1.82) is 0 Å². The predicted octanol–water partition coefficient (Wildman–Crippen LogP) is 7.96. The topological polar surface area (TPSA) is 173 Å². The van der Waals surface area contributed by atoms with Gasteiger partial charge < -0.3 is 60.2 Å². The zero-order valence-corrected chi connectivity index (χ0v) is 36.5. The van der Waals surface area contributed by atoms with Gasteiger partial charge in [0.1, 0.15) is 17.6 Å². The van der Waals surface area contributed by atoms with Crippen LogP contribution in [-0.4, -0.2) is 88.8 Å². The molecule has 0 spiro atoms. The first-order valence-corrected chi connectivity index (χ1v) is 21.0. The van der Waals surface area contributed by atoms with E-state index < -0.39 is 84.2 Å². The molecule has 2 aliphatic heterocycles. The Kier molecular flexibility index (Phi) is 16.8. The van der Waals surface area contributed by atoms with Crippen LogP contribution >= 0.6 is 0 Å². The monoisotopic (exact) mass is 933 g/mol. The van der Waals surface area contributed by atoms with Crippen molar-refractivity contribution in [2.45, 2.75) is 82.1 Å². The van der Waals surface area contributed by atoms with E-state index >= 15 is 0 Å². The minimum Gasteiger partial charge on any atom is -0.497 e. The Morgan fingerprint density at radius 1 is 0.682 bits per heavy atom. The predicted molar refractivity (Wildman–Crippen MR) is 230 cm³/mol. The average molecular weight is 934 g/mol. The highest BCUT2D eigenvalue weighted by Crippen LogP contribution is 2.35. The van der Waals surface area contributed by atoms with Gasteiger partial charge >= 0.3 is 24.4 Å². The molecule has 2 aliphatic rings. The summed E-state index contributed by atoms with van der Waals surface area (Å²) in [5.41, 5.74) is 6.36. The molecule has 0 bridgehead atoms. The smallest absolute Gasteiger partial charge is 0.416 e. The summed E-state index contributed by atoms with van der Waals surface area (Å²) in [7, 11) is 3.11. The quantitative estimate of drug-likeness (QED) is 0.0695. The van der Waals surface area contributed by atoms with Gasteiger partial charge in [-0.15, -0.1) is 0 Å². The number of benzene rings is 4. The second kappa shape index (κ2) is 22.2. The number of urea groups is 2. The van der Waals surface area contributed by atoms with Gasteiger partial charge in [-0.1, -0.05) is 50.2 Å². The number of amides is 4. The van der Waals surface area contributed by atoms with Gasteiger partial charge in [0, 0.05) is 11.4 Å². The second-order valence-corrected chi connectivity index (χ2v) is 16.0. The van der Waals surface area contributed by atoms with Gasteiger partial charge in [0.15, 0.2) is 6.29 Å². The Morgan fingerprint density at radius 2 is 1.17 bits per heavy atom. The molecular weight excluding hydrogens is 881 g/mol. The highest BCUT2D eigenvalue weighted by molar-refractivity contribution is 5.90. The van der Waals surface area contributed by atoms with Crippen LogP contribution in [0.5, 0.6) is 11.5 Å². The number of anilines is 2. The first kappa shape index (κ1) is 49.8. The van der Waals surface area contributed by atoms with E-state index in [1.54, 1.807) is 38.5 Å². The Labute approximate surface area is 377 Å². The van der Waals surface area contributed by atoms with Gasteiger partial charge in [-0.25, -0.2) is 9.59 Å². The highest BCUT2D eigenvalue weighted by Gasteiger charge is 2.48. The fraction of sp³-hybridized carbons (Fsp3) is 0.435. The zero-order chi connectivity index (χ0) is 47.6. The van der Waals surface area contributed by atoms with Crippen LogP contribution in [0.4, 0.5) is 47.3 Å². The van der Waals surface area contributed by atoms with Gasteiger partial charge in [-0.3, -0.25) is 0 Å². The van der Waals surface area contributed by atoms with Crippen LogP contribution < -0.4 is 36.5 Å². The summed E-state index contributed by atoms with van der Waals surface area (Å²) in [6.45, 7) is 3.96. The molecule has 14 nitrogen and oxygen atoms in total. The summed E-state index contributed by atoms with van der Waals surface area (Å²) in [6, 6.07) is 17.9. The normalized spacial score (nSPS) is 24.5. The van der Waals surface area contributed by atoms with Crippen LogP contribution in [-0.2, 0) is 49.3 Å². The van der Waals surface area contributed by atoms with Crippen LogP contribution in [0, 0.1) is 11.8 Å². The molecule has 2 fully saturated rings. The molecule has 4 aromatic carbocycles. The number of carbonyl (C=O) groups is 2. The summed E-state index contributed by atoms with van der Waals surface area (Å²) in [4.78, 5) is 27.0. The van der Waals surface area contributed by atoms with Crippen molar-refractivity contribution in [2.24, 2.45) is 17.6 Å². The number of methoxy groups -OCH3 is 2. The molecule has 9 atom stereocenters. The fourth-order valence-corrected chi connectivity index (χ4v) is 7.57. The van der Waals surface area contributed by atoms with Crippen LogP contribution in [0.2, 0.25) is 0 Å². The van der Waals surface area contributed by atoms with Crippen molar-refractivity contribution < 1.29 is 69.1 Å². The van der Waals surface area contributed by atoms with Gasteiger partial charge in [0.2, 0.25) is 0 Å². The summed E-state index contributed by atoms with van der Waals surface area (Å²) < 4.78 is 123. The van der Waals surface area contributed by atoms with Crippen LogP contribution in [0.25, 0.3) is 0 Å². The lowest BCUT2D eigenvalue weighted by Crippen LogP contribution is -2.67. The number of hydrogen-bond acceptors (Lipinski definition) is 10. The van der Waals surface area contributed by atoms with Crippen molar-refractivity contribution >= 4 is 23.4 Å². The standard InChI is InChI=1S/C46H53F6N5O9/c1-26-27(2)40(57-44(59)55-33-10-6-8-31(20-33)46(50,51)52)42(65-37(26)24-62-21-28-11-15-34(60-3)16-12-28)66-41-36(56-43(58)54-32-9-5-7-30(19-32)45(47,48)49)23-64-38(39(41)53)25-63-22-29-13-17-35(61-4)18-14-29/h5-20,26-27,36-42H,21-25,53H2,1-4H3,(H2,54,56,58)(H2,55,57,59)/t26-,27-,36?,37?,38?,39-,40?,41+,42-/m0/s1. The number of rotatable bonds is 16. The Bertz CT molecular complexity index is 2200. The minimum atomic E-state index is -4.66. The van der Waals surface area contributed by atoms with E-state index in [0.29, 0.717) is 11.5 Å². The molecule has 2 saturated heterocycles. The Hall–Kier alpha value is -5.64. The van der Waals surface area contributed by atoms with Crippen molar-refractivity contribution in [1.82, 2.24) is 10.6 Å². The van der Waals surface area contributed by atoms with Gasteiger partial charge in [-0.2, -0.15) is 26.3 Å². The van der Waals surface area contributed by atoms with Crippen molar-refractivity contribution in [3.8, 4) is 11.5 Å². The number of nitrogens with one attached hydrogen (secondary N) is 4. The molecule has 4 amide bonds. The SMILES string of the molecule is COc1ccc(COCC2O[C@@H](O[C@@H]3C(NC(=O)Nc4cccc(C(F)(F)F)c4)COC(COCc4ccc(OC)cc4)[C@@H]3N)C(NC(=O)Nc3cccc(C(F)(F)F)c3)[C@@H](C)[C@@H]2C)cc1. The Morgan fingerprint density at radius 3 is 1.65 bits per heavy atom. The molecule has 6 N–H and O–H groups in total. The van der Waals surface area contributed by atoms with Gasteiger partial charge in [-0.05, 0) is 83.6 Å². The zero-order valence-electron chi connectivity index (χ0n) is 36.5. The maximum Gasteiger partial charge on any atom is 0.416 e. The molecule has 0 aromatic heterocycles. The van der Waals surface area contributed by atoms with E-state index in [9.17, 15) is 35.9 Å². The lowest BCUT2D eigenvalue weighted by molar-refractivity contribution is -0.275. The second-order valence-electron chi connectivity index (χ2n) is 16.0. The van der Waals surface area contributed by atoms with E-state index in [-0.39, 0.29) is 50.3 Å². The number of halogens is 6. The first-order chi connectivity index (χ1) is 31.4. The third kappa shape index (κ3) is 13.5. The summed E-state index contributed by atoms with van der Waals surface area (Å²) >= 11 is 0. The van der Waals surface area contributed by atoms with E-state index in [2.05, 4.69) is 21.3 Å². The molecule has 20 heteroatoms. The maximum atomic E-state index is 13.6. The molecule has 66 heavy (non-hydrogen) atoms. The van der Waals surface area contributed by atoms with E-state index in [0.717, 1.165) is 47.5 Å². The molecule has 0 aliphatic carbocycles. The van der Waals surface area contributed by atoms with Crippen molar-refractivity contribution in [3.05, 3.63) is 119 Å². The molecular formula is C46H53F6N5O9. The highest BCUT2D eigenvalue weighted by atomic mass is 19.4. The minimum absolute atomic E-state index is 0.0297. The van der Waals surface area contributed by atoms with Crippen LogP contribution in [0.15, 0.2) is 97.1 Å². The largest absolute Gasteiger partial charge is 0.497 e. The maximum absolute atomic E-state index is 13.6. The third-order valence-electron chi connectivity index (χ3n) is 11.5. The number of nitrogens with two attached hydrogens (primary N) is 1. The van der Waals surface area contributed by atoms with E-state index in [1.165, 1.54) is 12.1 Å². The van der Waals surface area contributed by atoms with Crippen LogP contribution in [0.1, 0.15) is 36.1 Å². The number of ether oxygens (including phenoxy) is 7. The van der Waals surface area contributed by atoms with E-state index in [4.69, 9.17) is 38.9 Å². The Balaban J connectivity index is 1.24. The number of hydrogen-bond donors (Lipinski definition) is 5. The van der Waals surface area contributed by atoms with Gasteiger partial charge in [0.05, 0.1) is 88.7 Å². The molecule has 4 aromatic rings. The summed E-state index contributed by atoms with van der Waals surface area (Å²) in [6.07, 6.45) is -13.2. The number of alkyl halides is 6. The third-order valence-corrected chi connectivity index (χ3v) is 11.5. The van der Waals surface area contributed by atoms with Crippen LogP contribution in [0.3, 0.4) is 0 Å². The molecule has 0 saturated carbocycles. The number of carbonyl (C=O) groups excluding carboxylic acids is 2. The lowest BCUT2D eigenvalue weighted by Gasteiger charge is -2.48. The van der Waals surface area contributed by atoms with E-state index in [1.807, 2.05) is 38.1 Å². The fourth-order valence-electron chi connectivity index (χ4n) is 7.57. The van der Waals surface area contributed by atoms with Gasteiger partial charge in [0.25, 0.3) is 0 Å². The lowest BCUT2D eigenvalue weighted by atomic mass is 9.82. The molecule has 2 heterocycles. The average Bonchev–Trinajstić information content (AvgIpc) is 3.28. The molecule has 0 radical (unpaired) electrons. The van der Waals surface area contributed by atoms with Crippen molar-refractivity contribution in [2.75, 3.05) is 44.7 Å².